The van der Waals surface area contributed by atoms with Gasteiger partial charge in [-0.3, -0.25) is 14.5 Å². The van der Waals surface area contributed by atoms with Crippen LogP contribution in [0.2, 0.25) is 0 Å². The van der Waals surface area contributed by atoms with E-state index in [4.69, 9.17) is 0 Å². The van der Waals surface area contributed by atoms with Gasteiger partial charge in [0.05, 0.1) is 0 Å². The molecule has 0 spiro atoms. The summed E-state index contributed by atoms with van der Waals surface area (Å²) in [7, 11) is 0. The van der Waals surface area contributed by atoms with Crippen molar-refractivity contribution in [3.8, 4) is 0 Å². The predicted molar refractivity (Wildman–Crippen MR) is 109 cm³/mol. The van der Waals surface area contributed by atoms with Crippen LogP contribution in [-0.2, 0) is 9.59 Å². The summed E-state index contributed by atoms with van der Waals surface area (Å²) in [5, 5.41) is 5.99. The Morgan fingerprint density at radius 2 is 1.93 bits per heavy atom. The minimum atomic E-state index is -0.0772. The third kappa shape index (κ3) is 4.70. The molecule has 156 valence electrons. The number of urea groups is 1. The molecule has 8 nitrogen and oxygen atoms in total. The molecule has 4 amide bonds. The number of likely N-dealkylation sites (tertiary alicyclic amines) is 1. The third-order valence-electron chi connectivity index (χ3n) is 6.16. The van der Waals surface area contributed by atoms with Crippen LogP contribution >= 0.6 is 0 Å². The van der Waals surface area contributed by atoms with Crippen molar-refractivity contribution in [1.29, 1.82) is 0 Å². The van der Waals surface area contributed by atoms with Gasteiger partial charge in [-0.2, -0.15) is 0 Å². The van der Waals surface area contributed by atoms with Crippen molar-refractivity contribution >= 4 is 23.5 Å². The Bertz CT molecular complexity index is 756. The fourth-order valence-corrected chi connectivity index (χ4v) is 4.50. The zero-order valence-electron chi connectivity index (χ0n) is 16.7. The molecule has 4 rings (SSSR count). The van der Waals surface area contributed by atoms with Crippen LogP contribution in [0.15, 0.2) is 30.3 Å². The highest BCUT2D eigenvalue weighted by atomic mass is 16.2. The summed E-state index contributed by atoms with van der Waals surface area (Å²) >= 11 is 0. The zero-order chi connectivity index (χ0) is 20.2. The van der Waals surface area contributed by atoms with Crippen LogP contribution in [0, 0.1) is 0 Å². The van der Waals surface area contributed by atoms with Gasteiger partial charge < -0.3 is 20.4 Å². The van der Waals surface area contributed by atoms with E-state index in [1.165, 1.54) is 0 Å². The SMILES string of the molecule is O=C(CCN1CCCC1=O)NC[C@H]1CN(C(=O)Nc2ccccc2)[C@H]2CCN1C2. The fourth-order valence-electron chi connectivity index (χ4n) is 4.50. The van der Waals surface area contributed by atoms with Gasteiger partial charge in [0.15, 0.2) is 0 Å². The lowest BCUT2D eigenvalue weighted by molar-refractivity contribution is -0.128. The van der Waals surface area contributed by atoms with Gasteiger partial charge in [-0.05, 0) is 25.0 Å². The number of para-hydroxylation sites is 1. The molecule has 29 heavy (non-hydrogen) atoms. The number of rotatable bonds is 6. The summed E-state index contributed by atoms with van der Waals surface area (Å²) in [4.78, 5) is 42.7. The number of benzene rings is 1. The van der Waals surface area contributed by atoms with Crippen molar-refractivity contribution in [3.05, 3.63) is 30.3 Å². The van der Waals surface area contributed by atoms with E-state index in [2.05, 4.69) is 15.5 Å². The number of piperazine rings is 1. The number of nitrogens with one attached hydrogen (secondary N) is 2. The number of carbonyl (C=O) groups excluding carboxylic acids is 3. The maximum Gasteiger partial charge on any atom is 0.322 e. The molecule has 2 N–H and O–H groups in total. The van der Waals surface area contributed by atoms with Gasteiger partial charge >= 0.3 is 6.03 Å². The predicted octanol–water partition coefficient (Wildman–Crippen LogP) is 1.11. The van der Waals surface area contributed by atoms with E-state index in [0.717, 1.165) is 38.2 Å². The van der Waals surface area contributed by atoms with E-state index in [1.54, 1.807) is 4.90 Å². The summed E-state index contributed by atoms with van der Waals surface area (Å²) in [5.41, 5.74) is 0.791. The summed E-state index contributed by atoms with van der Waals surface area (Å²) in [6, 6.07) is 9.75. The van der Waals surface area contributed by atoms with E-state index in [9.17, 15) is 14.4 Å². The highest BCUT2D eigenvalue weighted by molar-refractivity contribution is 5.89. The maximum absolute atomic E-state index is 12.8. The van der Waals surface area contributed by atoms with Gasteiger partial charge in [-0.1, -0.05) is 18.2 Å². The molecular formula is C21H29N5O3. The molecule has 1 aromatic rings. The maximum atomic E-state index is 12.8. The van der Waals surface area contributed by atoms with Gasteiger partial charge in [0.25, 0.3) is 0 Å². The van der Waals surface area contributed by atoms with E-state index in [0.29, 0.717) is 32.5 Å². The Kier molecular flexibility index (Phi) is 5.99. The normalized spacial score (nSPS) is 25.9. The lowest BCUT2D eigenvalue weighted by atomic mass is 10.1. The molecule has 2 bridgehead atoms. The fraction of sp³-hybridized carbons (Fsp3) is 0.571. The highest BCUT2D eigenvalue weighted by Gasteiger charge is 2.40. The molecule has 0 radical (unpaired) electrons. The highest BCUT2D eigenvalue weighted by Crippen LogP contribution is 2.25. The van der Waals surface area contributed by atoms with Gasteiger partial charge in [0.2, 0.25) is 11.8 Å². The Hall–Kier alpha value is -2.61. The largest absolute Gasteiger partial charge is 0.354 e. The Balaban J connectivity index is 1.27. The number of hydrogen-bond acceptors (Lipinski definition) is 4. The van der Waals surface area contributed by atoms with Crippen molar-refractivity contribution < 1.29 is 14.4 Å². The second-order valence-electron chi connectivity index (χ2n) is 8.08. The van der Waals surface area contributed by atoms with Crippen molar-refractivity contribution in [2.45, 2.75) is 37.8 Å². The third-order valence-corrected chi connectivity index (χ3v) is 6.16. The van der Waals surface area contributed by atoms with E-state index < -0.39 is 0 Å². The Morgan fingerprint density at radius 3 is 2.69 bits per heavy atom. The van der Waals surface area contributed by atoms with Crippen molar-refractivity contribution in [2.75, 3.05) is 44.6 Å². The summed E-state index contributed by atoms with van der Waals surface area (Å²) < 4.78 is 0. The van der Waals surface area contributed by atoms with Gasteiger partial charge in [0.1, 0.15) is 0 Å². The molecule has 3 aliphatic heterocycles. The van der Waals surface area contributed by atoms with Gasteiger partial charge in [-0.15, -0.1) is 0 Å². The van der Waals surface area contributed by atoms with Crippen molar-refractivity contribution in [3.63, 3.8) is 0 Å². The minimum absolute atomic E-state index is 0.0358. The first-order chi connectivity index (χ1) is 14.1. The number of carbonyl (C=O) groups is 3. The number of nitrogens with zero attached hydrogens (tertiary/aromatic N) is 3. The van der Waals surface area contributed by atoms with E-state index in [1.807, 2.05) is 35.2 Å². The molecule has 3 atom stereocenters. The van der Waals surface area contributed by atoms with E-state index >= 15 is 0 Å². The molecule has 3 fully saturated rings. The van der Waals surface area contributed by atoms with E-state index in [-0.39, 0.29) is 29.9 Å². The molecule has 3 aliphatic rings. The second kappa shape index (κ2) is 8.82. The second-order valence-corrected chi connectivity index (χ2v) is 8.08. The topological polar surface area (TPSA) is 85.0 Å². The summed E-state index contributed by atoms with van der Waals surface area (Å²) in [5.74, 6) is 0.111. The van der Waals surface area contributed by atoms with Crippen LogP contribution in [0.1, 0.15) is 25.7 Å². The summed E-state index contributed by atoms with van der Waals surface area (Å²) in [6.45, 7) is 4.18. The van der Waals surface area contributed by atoms with Gasteiger partial charge in [0, 0.05) is 69.9 Å². The lowest BCUT2D eigenvalue weighted by Gasteiger charge is -2.40. The Labute approximate surface area is 171 Å². The number of amides is 4. The van der Waals surface area contributed by atoms with Crippen molar-refractivity contribution in [1.82, 2.24) is 20.0 Å². The van der Waals surface area contributed by atoms with Crippen LogP contribution in [0.3, 0.4) is 0 Å². The molecule has 3 heterocycles. The molecule has 3 saturated heterocycles. The standard InChI is InChI=1S/C21H29N5O3/c27-19(9-12-24-10-4-7-20(24)28)22-13-18-15-26(17-8-11-25(18)14-17)21(29)23-16-5-2-1-3-6-16/h1-3,5-6,17-18H,4,7-15H2,(H,22,27)(H,23,29)/t17-,18-/m0/s1. The first-order valence-electron chi connectivity index (χ1n) is 10.5. The van der Waals surface area contributed by atoms with Crippen molar-refractivity contribution in [2.24, 2.45) is 0 Å². The van der Waals surface area contributed by atoms with Crippen LogP contribution < -0.4 is 10.6 Å². The molecular weight excluding hydrogens is 370 g/mol. The first-order valence-corrected chi connectivity index (χ1v) is 10.5. The quantitative estimate of drug-likeness (QED) is 0.750. The first kappa shape index (κ1) is 19.7. The molecule has 1 aromatic carbocycles. The smallest absolute Gasteiger partial charge is 0.322 e. The van der Waals surface area contributed by atoms with Crippen LogP contribution in [0.4, 0.5) is 10.5 Å². The average molecular weight is 399 g/mol. The van der Waals surface area contributed by atoms with Crippen LogP contribution in [-0.4, -0.2) is 83.9 Å². The molecule has 1 unspecified atom stereocenters. The monoisotopic (exact) mass is 399 g/mol. The van der Waals surface area contributed by atoms with Crippen LogP contribution in [0.25, 0.3) is 0 Å². The average Bonchev–Trinajstić information content (AvgIpc) is 3.33. The zero-order valence-corrected chi connectivity index (χ0v) is 16.7. The Morgan fingerprint density at radius 1 is 1.10 bits per heavy atom. The number of hydrogen-bond donors (Lipinski definition) is 2. The molecule has 0 aliphatic carbocycles. The molecule has 0 aromatic heterocycles. The minimum Gasteiger partial charge on any atom is -0.354 e. The van der Waals surface area contributed by atoms with Crippen LogP contribution in [0.5, 0.6) is 0 Å². The number of fused-ring (bicyclic) bond motifs is 2. The summed E-state index contributed by atoms with van der Waals surface area (Å²) in [6.07, 6.45) is 2.78. The molecule has 8 heteroatoms. The number of anilines is 1. The van der Waals surface area contributed by atoms with Gasteiger partial charge in [-0.25, -0.2) is 4.79 Å². The molecule has 0 saturated carbocycles. The lowest BCUT2D eigenvalue weighted by Crippen LogP contribution is -2.58.